The first-order valence-corrected chi connectivity index (χ1v) is 11.9. The van der Waals surface area contributed by atoms with E-state index in [2.05, 4.69) is 148 Å². The summed E-state index contributed by atoms with van der Waals surface area (Å²) in [4.78, 5) is 0. The number of benzene rings is 4. The molecule has 0 saturated carbocycles. The fourth-order valence-electron chi connectivity index (χ4n) is 5.71. The average Bonchev–Trinajstić information content (AvgIpc) is 3.26. The van der Waals surface area contributed by atoms with Gasteiger partial charge in [-0.15, -0.1) is 0 Å². The van der Waals surface area contributed by atoms with Crippen LogP contribution in [0.15, 0.2) is 84.9 Å². The molecule has 0 bridgehead atoms. The molecule has 31 heavy (non-hydrogen) atoms. The Morgan fingerprint density at radius 1 is 0.548 bits per heavy atom. The van der Waals surface area contributed by atoms with Crippen LogP contribution in [0.5, 0.6) is 0 Å². The maximum absolute atomic E-state index is 2.83. The van der Waals surface area contributed by atoms with Crippen LogP contribution in [0.2, 0.25) is 0 Å². The summed E-state index contributed by atoms with van der Waals surface area (Å²) in [6, 6.07) is 31.3. The second kappa shape index (κ2) is 7.04. The molecular weight excluding hydrogens is 421 g/mol. The summed E-state index contributed by atoms with van der Waals surface area (Å²) in [5, 5.41) is 0. The minimum atomic E-state index is -0.310. The zero-order valence-corrected chi connectivity index (χ0v) is 20.7. The summed E-state index contributed by atoms with van der Waals surface area (Å²) >= 11 is 8.43. The highest BCUT2D eigenvalue weighted by molar-refractivity contribution is 6.42. The van der Waals surface area contributed by atoms with Crippen LogP contribution in [0.4, 0.5) is 11.4 Å². The molecule has 0 fully saturated rings. The van der Waals surface area contributed by atoms with Crippen LogP contribution in [0, 0.1) is 0 Å². The molecule has 2 aliphatic carbocycles. The Morgan fingerprint density at radius 3 is 1.52 bits per heavy atom. The molecule has 4 aromatic carbocycles. The lowest BCUT2D eigenvalue weighted by atomic mass is 9.70. The number of nitrogens with zero attached hydrogens (tertiary/aromatic N) is 2. The molecule has 1 unspecified atom stereocenters. The van der Waals surface area contributed by atoms with Crippen molar-refractivity contribution in [3.8, 4) is 22.3 Å². The number of anilines is 2. The lowest BCUT2D eigenvalue weighted by Crippen LogP contribution is -2.26. The highest BCUT2D eigenvalue weighted by atomic mass is 27.1. The van der Waals surface area contributed by atoms with E-state index in [1.165, 1.54) is 55.9 Å². The van der Waals surface area contributed by atoms with Gasteiger partial charge < -0.3 is 6.75 Å². The second-order valence-corrected chi connectivity index (χ2v) is 10.7. The Balaban J connectivity index is 1.85. The first kappa shape index (κ1) is 19.7. The van der Waals surface area contributed by atoms with E-state index in [9.17, 15) is 0 Å². The highest BCUT2D eigenvalue weighted by Crippen LogP contribution is 2.64. The van der Waals surface area contributed by atoms with Crippen molar-refractivity contribution in [1.29, 1.82) is 0 Å². The molecule has 6 radical (unpaired) electrons. The van der Waals surface area contributed by atoms with Gasteiger partial charge in [0.25, 0.3) is 33.0 Å². The van der Waals surface area contributed by atoms with E-state index >= 15 is 0 Å². The Bertz CT molecular complexity index is 1260. The molecule has 0 N–H and O–H groups in total. The summed E-state index contributed by atoms with van der Waals surface area (Å²) in [6.45, 7) is 0. The van der Waals surface area contributed by atoms with E-state index in [4.69, 9.17) is 0 Å². The summed E-state index contributed by atoms with van der Waals surface area (Å²) in [7, 11) is 2.10. The third-order valence-corrected chi connectivity index (χ3v) is 7.59. The van der Waals surface area contributed by atoms with Gasteiger partial charge in [-0.25, -0.2) is 0 Å². The third-order valence-electron chi connectivity index (χ3n) is 6.75. The van der Waals surface area contributed by atoms with Crippen molar-refractivity contribution < 1.29 is 0 Å². The molecular formula is C26H17Al3N2. The van der Waals surface area contributed by atoms with Crippen molar-refractivity contribution in [3.05, 3.63) is 107 Å². The summed E-state index contributed by atoms with van der Waals surface area (Å²) < 4.78 is 4.23. The second-order valence-electron chi connectivity index (χ2n) is 8.26. The Morgan fingerprint density at radius 2 is 1.00 bits per heavy atom. The SMILES string of the molecule is C[N]([Al])c1cccc2c1-c1ccccc1C21c2ccccc2-c2c([N]([Al])[Al])cccc21. The Labute approximate surface area is 208 Å². The molecule has 140 valence electrons. The topological polar surface area (TPSA) is 6.48 Å². The normalized spacial score (nSPS) is 17.1. The van der Waals surface area contributed by atoms with E-state index in [-0.39, 0.29) is 5.41 Å². The van der Waals surface area contributed by atoms with E-state index < -0.39 is 0 Å². The molecule has 0 aromatic heterocycles. The molecule has 2 aliphatic rings. The maximum Gasteiger partial charge on any atom is 0.309 e. The average molecular weight is 438 g/mol. The number of rotatable bonds is 2. The van der Waals surface area contributed by atoms with Gasteiger partial charge in [0.2, 0.25) is 0 Å². The first-order chi connectivity index (χ1) is 15.1. The Kier molecular flexibility index (Phi) is 4.48. The van der Waals surface area contributed by atoms with Crippen molar-refractivity contribution in [2.75, 3.05) is 13.8 Å². The molecule has 1 spiro atoms. The Hall–Kier alpha value is -1.92. The van der Waals surface area contributed by atoms with Gasteiger partial charge >= 0.3 is 16.5 Å². The fraction of sp³-hybridized carbons (Fsp3) is 0.0769. The zero-order valence-electron chi connectivity index (χ0n) is 17.2. The van der Waals surface area contributed by atoms with Crippen LogP contribution >= 0.6 is 0 Å². The van der Waals surface area contributed by atoms with Crippen molar-refractivity contribution in [1.82, 2.24) is 0 Å². The number of hydrogen-bond donors (Lipinski definition) is 0. The molecule has 0 saturated heterocycles. The van der Waals surface area contributed by atoms with Gasteiger partial charge in [0, 0.05) is 16.8 Å². The number of hydrogen-bond acceptors (Lipinski definition) is 2. The fourth-order valence-corrected chi connectivity index (χ4v) is 6.35. The van der Waals surface area contributed by atoms with E-state index in [0.717, 1.165) is 0 Å². The zero-order chi connectivity index (χ0) is 21.3. The van der Waals surface area contributed by atoms with Gasteiger partial charge in [-0.05, 0) is 58.2 Å². The summed E-state index contributed by atoms with van der Waals surface area (Å²) in [6.07, 6.45) is 0. The predicted molar refractivity (Wildman–Crippen MR) is 131 cm³/mol. The summed E-state index contributed by atoms with van der Waals surface area (Å²) in [5.41, 5.74) is 12.9. The third kappa shape index (κ3) is 2.46. The summed E-state index contributed by atoms with van der Waals surface area (Å²) in [5.74, 6) is 0. The van der Waals surface area contributed by atoms with Crippen molar-refractivity contribution in [3.63, 3.8) is 0 Å². The maximum atomic E-state index is 2.83. The van der Waals surface area contributed by atoms with Crippen LogP contribution in [0.1, 0.15) is 22.3 Å². The smallest absolute Gasteiger partial charge is 0.309 e. The van der Waals surface area contributed by atoms with Crippen LogP contribution in [0.25, 0.3) is 22.3 Å². The minimum absolute atomic E-state index is 0.310. The van der Waals surface area contributed by atoms with Gasteiger partial charge in [-0.1, -0.05) is 72.8 Å². The molecule has 4 aromatic rings. The molecule has 0 heterocycles. The van der Waals surface area contributed by atoms with Gasteiger partial charge in [0.15, 0.2) is 0 Å². The standard InChI is InChI=1S/C26H17N2.3Al/c1-28-23-15-7-13-21-25(23)17-9-3-5-11-19(17)26(21)18-10-4-2-8-16(18)24-20(26)12-6-14-22(24)27;;;/h2-15H,1H3;;;/q-1;;;+1. The number of fused-ring (bicyclic) bond motifs is 10. The van der Waals surface area contributed by atoms with Gasteiger partial charge in [-0.2, -0.15) is 0 Å². The lowest BCUT2D eigenvalue weighted by molar-refractivity contribution is 0.794. The van der Waals surface area contributed by atoms with Crippen LogP contribution < -0.4 is 6.75 Å². The van der Waals surface area contributed by atoms with Gasteiger partial charge in [-0.3, -0.25) is 0 Å². The van der Waals surface area contributed by atoms with Crippen LogP contribution in [-0.4, -0.2) is 56.6 Å². The molecule has 2 nitrogen and oxygen atoms in total. The monoisotopic (exact) mass is 438 g/mol. The van der Waals surface area contributed by atoms with Crippen molar-refractivity contribution in [2.45, 2.75) is 5.41 Å². The predicted octanol–water partition coefficient (Wildman–Crippen LogP) is 4.52. The van der Waals surface area contributed by atoms with E-state index in [0.29, 0.717) is 0 Å². The molecule has 0 aliphatic heterocycles. The van der Waals surface area contributed by atoms with E-state index in [1.807, 2.05) is 0 Å². The molecule has 6 rings (SSSR count). The quantitative estimate of drug-likeness (QED) is 0.367. The highest BCUT2D eigenvalue weighted by Gasteiger charge is 2.52. The molecule has 1 atom stereocenters. The van der Waals surface area contributed by atoms with E-state index in [1.54, 1.807) is 0 Å². The van der Waals surface area contributed by atoms with Crippen molar-refractivity contribution in [2.24, 2.45) is 0 Å². The largest absolute Gasteiger partial charge is 0.586 e. The first-order valence-electron chi connectivity index (χ1n) is 10.3. The van der Waals surface area contributed by atoms with Gasteiger partial charge in [0.1, 0.15) is 0 Å². The lowest BCUT2D eigenvalue weighted by Gasteiger charge is -2.31. The van der Waals surface area contributed by atoms with Gasteiger partial charge in [0.05, 0.1) is 5.41 Å². The molecule has 0 amide bonds. The minimum Gasteiger partial charge on any atom is -0.586 e. The molecule has 5 heteroatoms. The van der Waals surface area contributed by atoms with Crippen LogP contribution in [0.3, 0.4) is 0 Å². The van der Waals surface area contributed by atoms with Crippen LogP contribution in [-0.2, 0) is 5.41 Å². The van der Waals surface area contributed by atoms with Crippen molar-refractivity contribution >= 4 is 60.9 Å².